The quantitative estimate of drug-likeness (QED) is 0.764. The van der Waals surface area contributed by atoms with E-state index in [9.17, 15) is 0 Å². The number of hydrogen-bond acceptors (Lipinski definition) is 4. The number of anilines is 1. The van der Waals surface area contributed by atoms with Gasteiger partial charge in [-0.2, -0.15) is 0 Å². The maximum Gasteiger partial charge on any atom is 0.128 e. The van der Waals surface area contributed by atoms with Gasteiger partial charge in [-0.15, -0.1) is 11.8 Å². The first-order valence-corrected chi connectivity index (χ1v) is 8.37. The summed E-state index contributed by atoms with van der Waals surface area (Å²) in [6.45, 7) is 2.91. The smallest absolute Gasteiger partial charge is 0.128 e. The Balaban J connectivity index is 2.11. The standard InChI is InChI=1S/C15H17Cl2N3S/c1-2-19-14(13-7-11(17)8-20-15(13)18)9-21-12-5-3-10(16)4-6-12/h3-8,14,19H,2,9H2,1H3,(H2,18,20). The summed E-state index contributed by atoms with van der Waals surface area (Å²) < 4.78 is 0. The van der Waals surface area contributed by atoms with E-state index in [1.165, 1.54) is 0 Å². The first kappa shape index (κ1) is 16.4. The van der Waals surface area contributed by atoms with Crippen molar-refractivity contribution in [2.24, 2.45) is 0 Å². The zero-order valence-corrected chi connectivity index (χ0v) is 14.0. The van der Waals surface area contributed by atoms with E-state index in [-0.39, 0.29) is 6.04 Å². The van der Waals surface area contributed by atoms with Crippen LogP contribution in [0.4, 0.5) is 5.82 Å². The second kappa shape index (κ2) is 7.90. The van der Waals surface area contributed by atoms with Crippen molar-refractivity contribution in [1.29, 1.82) is 0 Å². The van der Waals surface area contributed by atoms with Crippen LogP contribution in [0.25, 0.3) is 0 Å². The number of pyridine rings is 1. The van der Waals surface area contributed by atoms with Gasteiger partial charge in [-0.05, 0) is 36.9 Å². The maximum atomic E-state index is 6.03. The lowest BCUT2D eigenvalue weighted by molar-refractivity contribution is 0.606. The fourth-order valence-corrected chi connectivity index (χ4v) is 3.24. The number of nitrogens with two attached hydrogens (primary N) is 1. The molecule has 112 valence electrons. The Kier molecular flexibility index (Phi) is 6.18. The summed E-state index contributed by atoms with van der Waals surface area (Å²) in [5.74, 6) is 1.35. The topological polar surface area (TPSA) is 50.9 Å². The summed E-state index contributed by atoms with van der Waals surface area (Å²) in [5.41, 5.74) is 6.91. The number of benzene rings is 1. The molecule has 0 aliphatic heterocycles. The van der Waals surface area contributed by atoms with Gasteiger partial charge in [0.1, 0.15) is 5.82 Å². The highest BCUT2D eigenvalue weighted by molar-refractivity contribution is 7.99. The number of thioether (sulfide) groups is 1. The summed E-state index contributed by atoms with van der Waals surface area (Å²) in [6, 6.07) is 9.77. The van der Waals surface area contributed by atoms with E-state index in [4.69, 9.17) is 28.9 Å². The molecular weight excluding hydrogens is 325 g/mol. The molecule has 21 heavy (non-hydrogen) atoms. The van der Waals surface area contributed by atoms with E-state index >= 15 is 0 Å². The molecule has 0 aliphatic carbocycles. The van der Waals surface area contributed by atoms with Gasteiger partial charge < -0.3 is 11.1 Å². The van der Waals surface area contributed by atoms with E-state index < -0.39 is 0 Å². The predicted molar refractivity (Wildman–Crippen MR) is 92.3 cm³/mol. The number of nitrogens with zero attached hydrogens (tertiary/aromatic N) is 1. The first-order valence-electron chi connectivity index (χ1n) is 6.62. The SMILES string of the molecule is CCNC(CSc1ccc(Cl)cc1)c1cc(Cl)cnc1N. The Morgan fingerprint density at radius 3 is 2.62 bits per heavy atom. The Morgan fingerprint density at radius 2 is 1.95 bits per heavy atom. The minimum absolute atomic E-state index is 0.0990. The van der Waals surface area contributed by atoms with Crippen LogP contribution < -0.4 is 11.1 Å². The van der Waals surface area contributed by atoms with Gasteiger partial charge in [0.05, 0.1) is 5.02 Å². The molecule has 3 N–H and O–H groups in total. The lowest BCUT2D eigenvalue weighted by Gasteiger charge is -2.19. The zero-order valence-electron chi connectivity index (χ0n) is 11.6. The molecule has 6 heteroatoms. The fraction of sp³-hybridized carbons (Fsp3) is 0.267. The van der Waals surface area contributed by atoms with Crippen molar-refractivity contribution in [1.82, 2.24) is 10.3 Å². The van der Waals surface area contributed by atoms with Gasteiger partial charge in [-0.1, -0.05) is 30.1 Å². The van der Waals surface area contributed by atoms with E-state index in [2.05, 4.69) is 17.2 Å². The number of nitrogens with one attached hydrogen (secondary N) is 1. The molecule has 0 saturated heterocycles. The molecule has 0 aliphatic rings. The lowest BCUT2D eigenvalue weighted by Crippen LogP contribution is -2.24. The first-order chi connectivity index (χ1) is 10.1. The number of aromatic nitrogens is 1. The summed E-state index contributed by atoms with van der Waals surface area (Å²) >= 11 is 13.7. The molecule has 0 saturated carbocycles. The van der Waals surface area contributed by atoms with Crippen LogP contribution in [0.3, 0.4) is 0 Å². The molecule has 1 atom stereocenters. The fourth-order valence-electron chi connectivity index (χ4n) is 1.96. The van der Waals surface area contributed by atoms with E-state index in [0.717, 1.165) is 27.8 Å². The number of halogens is 2. The van der Waals surface area contributed by atoms with Crippen LogP contribution in [0.2, 0.25) is 10.0 Å². The maximum absolute atomic E-state index is 6.03. The monoisotopic (exact) mass is 341 g/mol. The molecule has 3 nitrogen and oxygen atoms in total. The Morgan fingerprint density at radius 1 is 1.24 bits per heavy atom. The third-order valence-electron chi connectivity index (χ3n) is 2.97. The van der Waals surface area contributed by atoms with Crippen molar-refractivity contribution in [3.05, 3.63) is 52.1 Å². The minimum atomic E-state index is 0.0990. The Labute approximate surface area is 139 Å². The molecule has 0 fully saturated rings. The molecule has 0 radical (unpaired) electrons. The van der Waals surface area contributed by atoms with Crippen molar-refractivity contribution >= 4 is 40.8 Å². The van der Waals surface area contributed by atoms with Crippen molar-refractivity contribution < 1.29 is 0 Å². The van der Waals surface area contributed by atoms with Crippen molar-refractivity contribution in [2.75, 3.05) is 18.0 Å². The van der Waals surface area contributed by atoms with Gasteiger partial charge in [-0.3, -0.25) is 0 Å². The van der Waals surface area contributed by atoms with Crippen molar-refractivity contribution in [2.45, 2.75) is 17.9 Å². The highest BCUT2D eigenvalue weighted by Gasteiger charge is 2.15. The average molecular weight is 342 g/mol. The van der Waals surface area contributed by atoms with E-state index in [1.807, 2.05) is 30.3 Å². The van der Waals surface area contributed by atoms with Gasteiger partial charge in [0.2, 0.25) is 0 Å². The summed E-state index contributed by atoms with van der Waals surface area (Å²) in [5, 5.41) is 4.76. The van der Waals surface area contributed by atoms with Crippen LogP contribution in [-0.2, 0) is 0 Å². The Hall–Kier alpha value is -0.940. The predicted octanol–water partition coefficient (Wildman–Crippen LogP) is 4.41. The second-order valence-electron chi connectivity index (χ2n) is 4.50. The third-order valence-corrected chi connectivity index (χ3v) is 4.54. The molecule has 0 spiro atoms. The summed E-state index contributed by atoms with van der Waals surface area (Å²) in [6.07, 6.45) is 1.57. The van der Waals surface area contributed by atoms with E-state index in [0.29, 0.717) is 10.8 Å². The van der Waals surface area contributed by atoms with Gasteiger partial charge in [-0.25, -0.2) is 4.98 Å². The molecule has 1 unspecified atom stereocenters. The molecule has 2 aromatic rings. The normalized spacial score (nSPS) is 12.3. The molecule has 2 rings (SSSR count). The molecule has 1 aromatic heterocycles. The number of rotatable bonds is 6. The third kappa shape index (κ3) is 4.78. The van der Waals surface area contributed by atoms with Crippen LogP contribution in [0.15, 0.2) is 41.4 Å². The zero-order chi connectivity index (χ0) is 15.2. The van der Waals surface area contributed by atoms with Crippen LogP contribution in [0, 0.1) is 0 Å². The highest BCUT2D eigenvalue weighted by atomic mass is 35.5. The Bertz CT molecular complexity index is 590. The van der Waals surface area contributed by atoms with Gasteiger partial charge >= 0.3 is 0 Å². The van der Waals surface area contributed by atoms with Crippen LogP contribution in [0.5, 0.6) is 0 Å². The minimum Gasteiger partial charge on any atom is -0.383 e. The van der Waals surface area contributed by atoms with E-state index in [1.54, 1.807) is 18.0 Å². The highest BCUT2D eigenvalue weighted by Crippen LogP contribution is 2.29. The van der Waals surface area contributed by atoms with Gasteiger partial charge in [0, 0.05) is 33.5 Å². The van der Waals surface area contributed by atoms with Gasteiger partial charge in [0.25, 0.3) is 0 Å². The summed E-state index contributed by atoms with van der Waals surface area (Å²) in [7, 11) is 0. The molecule has 1 heterocycles. The van der Waals surface area contributed by atoms with Crippen LogP contribution in [0.1, 0.15) is 18.5 Å². The van der Waals surface area contributed by atoms with Crippen molar-refractivity contribution in [3.63, 3.8) is 0 Å². The molecule has 1 aromatic carbocycles. The number of nitrogen functional groups attached to an aromatic ring is 1. The van der Waals surface area contributed by atoms with Gasteiger partial charge in [0.15, 0.2) is 0 Å². The van der Waals surface area contributed by atoms with Crippen LogP contribution >= 0.6 is 35.0 Å². The van der Waals surface area contributed by atoms with Crippen molar-refractivity contribution in [3.8, 4) is 0 Å². The largest absolute Gasteiger partial charge is 0.383 e. The summed E-state index contributed by atoms with van der Waals surface area (Å²) in [4.78, 5) is 5.29. The molecular formula is C15H17Cl2N3S. The second-order valence-corrected chi connectivity index (χ2v) is 6.47. The lowest BCUT2D eigenvalue weighted by atomic mass is 10.1. The number of hydrogen-bond donors (Lipinski definition) is 2. The molecule has 0 bridgehead atoms. The molecule has 0 amide bonds. The average Bonchev–Trinajstić information content (AvgIpc) is 2.48. The van der Waals surface area contributed by atoms with Crippen LogP contribution in [-0.4, -0.2) is 17.3 Å².